The number of hydrogen-bond acceptors (Lipinski definition) is 15. The second kappa shape index (κ2) is 77.0. The Morgan fingerprint density at radius 3 is 0.676 bits per heavy atom. The van der Waals surface area contributed by atoms with Gasteiger partial charge in [-0.1, -0.05) is 374 Å². The lowest BCUT2D eigenvalue weighted by atomic mass is 10.0. The minimum Gasteiger partial charge on any atom is -0.462 e. The number of hydrogen-bond donors (Lipinski definition) is 3. The zero-order valence-corrected chi connectivity index (χ0v) is 68.1. The highest BCUT2D eigenvalue weighted by molar-refractivity contribution is 7.47. The Morgan fingerprint density at radius 1 is 0.265 bits per heavy atom. The molecule has 2 unspecified atom stereocenters. The normalized spacial score (nSPS) is 13.8. The maximum Gasteiger partial charge on any atom is 0.472 e. The van der Waals surface area contributed by atoms with Crippen LogP contribution in [0.4, 0.5) is 0 Å². The molecular formula is C83H160O17P2. The number of phosphoric ester groups is 2. The average Bonchev–Trinajstić information content (AvgIpc) is 0.919. The van der Waals surface area contributed by atoms with E-state index < -0.39 is 97.5 Å². The Hall–Kier alpha value is -2.20. The van der Waals surface area contributed by atoms with Gasteiger partial charge >= 0.3 is 39.5 Å². The van der Waals surface area contributed by atoms with E-state index in [2.05, 4.69) is 39.8 Å². The number of unbranched alkanes of at least 4 members (excludes halogenated alkanes) is 55. The van der Waals surface area contributed by atoms with Crippen molar-refractivity contribution in [1.29, 1.82) is 0 Å². The van der Waals surface area contributed by atoms with Gasteiger partial charge in [-0.25, -0.2) is 9.13 Å². The van der Waals surface area contributed by atoms with Crippen LogP contribution in [0.5, 0.6) is 0 Å². The molecule has 0 aromatic rings. The smallest absolute Gasteiger partial charge is 0.462 e. The van der Waals surface area contributed by atoms with E-state index in [1.54, 1.807) is 0 Å². The molecule has 0 rings (SSSR count). The van der Waals surface area contributed by atoms with E-state index in [1.807, 2.05) is 0 Å². The molecular weight excluding hydrogens is 1330 g/mol. The van der Waals surface area contributed by atoms with Gasteiger partial charge in [-0.05, 0) is 51.4 Å². The average molecular weight is 1490 g/mol. The number of aliphatic hydroxyl groups is 1. The quantitative estimate of drug-likeness (QED) is 0.0169. The molecule has 0 aliphatic rings. The van der Waals surface area contributed by atoms with Crippen molar-refractivity contribution in [2.24, 2.45) is 0 Å². The van der Waals surface area contributed by atoms with E-state index in [0.717, 1.165) is 103 Å². The second-order valence-electron chi connectivity index (χ2n) is 29.5. The predicted octanol–water partition coefficient (Wildman–Crippen LogP) is 25.1. The van der Waals surface area contributed by atoms with Crippen LogP contribution in [-0.2, 0) is 65.4 Å². The summed E-state index contributed by atoms with van der Waals surface area (Å²) >= 11 is 0. The third-order valence-corrected chi connectivity index (χ3v) is 21.2. The highest BCUT2D eigenvalue weighted by atomic mass is 31.2. The molecule has 0 heterocycles. The molecule has 0 bridgehead atoms. The maximum atomic E-state index is 13.1. The number of carbonyl (C=O) groups is 4. The fraction of sp³-hybridized carbons (Fsp3) is 0.928. The fourth-order valence-electron chi connectivity index (χ4n) is 12.7. The van der Waals surface area contributed by atoms with Gasteiger partial charge in [0.25, 0.3) is 0 Å². The van der Waals surface area contributed by atoms with E-state index in [-0.39, 0.29) is 25.7 Å². The van der Waals surface area contributed by atoms with E-state index in [0.29, 0.717) is 25.7 Å². The maximum absolute atomic E-state index is 13.1. The van der Waals surface area contributed by atoms with Crippen molar-refractivity contribution in [3.8, 4) is 0 Å². The van der Waals surface area contributed by atoms with E-state index in [4.69, 9.17) is 37.0 Å². The molecule has 5 atom stereocenters. The van der Waals surface area contributed by atoms with Crippen LogP contribution in [0.2, 0.25) is 0 Å². The zero-order valence-electron chi connectivity index (χ0n) is 66.3. The first-order valence-corrected chi connectivity index (χ1v) is 45.9. The summed E-state index contributed by atoms with van der Waals surface area (Å²) in [5.74, 6) is -2.12. The minimum atomic E-state index is -4.97. The summed E-state index contributed by atoms with van der Waals surface area (Å²) in [5, 5.41) is 10.7. The van der Waals surface area contributed by atoms with E-state index in [1.165, 1.54) is 257 Å². The van der Waals surface area contributed by atoms with Crippen molar-refractivity contribution in [3.05, 3.63) is 12.2 Å². The van der Waals surface area contributed by atoms with Crippen molar-refractivity contribution >= 4 is 39.5 Å². The molecule has 0 aromatic carbocycles. The molecule has 0 saturated carbocycles. The number of phosphoric acid groups is 2. The molecule has 19 heteroatoms. The number of esters is 4. The van der Waals surface area contributed by atoms with Gasteiger partial charge in [0.2, 0.25) is 0 Å². The summed E-state index contributed by atoms with van der Waals surface area (Å²) in [6, 6.07) is 0. The summed E-state index contributed by atoms with van der Waals surface area (Å²) in [6.07, 6.45) is 71.7. The first-order valence-electron chi connectivity index (χ1n) is 42.9. The molecule has 0 fully saturated rings. The zero-order chi connectivity index (χ0) is 74.6. The topological polar surface area (TPSA) is 237 Å². The lowest BCUT2D eigenvalue weighted by Gasteiger charge is -2.21. The van der Waals surface area contributed by atoms with Crippen molar-refractivity contribution in [1.82, 2.24) is 0 Å². The number of rotatable bonds is 83. The molecule has 0 amide bonds. The van der Waals surface area contributed by atoms with Crippen molar-refractivity contribution < 1.29 is 80.2 Å². The van der Waals surface area contributed by atoms with E-state index in [9.17, 15) is 43.2 Å². The Bertz CT molecular complexity index is 1980. The van der Waals surface area contributed by atoms with Crippen molar-refractivity contribution in [3.63, 3.8) is 0 Å². The lowest BCUT2D eigenvalue weighted by molar-refractivity contribution is -0.161. The molecule has 604 valence electrons. The highest BCUT2D eigenvalue weighted by Gasteiger charge is 2.30. The van der Waals surface area contributed by atoms with Crippen LogP contribution < -0.4 is 0 Å². The van der Waals surface area contributed by atoms with Gasteiger partial charge in [-0.3, -0.25) is 37.3 Å². The lowest BCUT2D eigenvalue weighted by Crippen LogP contribution is -2.30. The van der Waals surface area contributed by atoms with Gasteiger partial charge < -0.3 is 33.8 Å². The van der Waals surface area contributed by atoms with Crippen molar-refractivity contribution in [2.45, 2.75) is 457 Å². The summed E-state index contributed by atoms with van der Waals surface area (Å²) in [5.41, 5.74) is 0. The van der Waals surface area contributed by atoms with Crippen LogP contribution in [0.25, 0.3) is 0 Å². The Morgan fingerprint density at radius 2 is 0.451 bits per heavy atom. The Balaban J connectivity index is 5.28. The monoisotopic (exact) mass is 1490 g/mol. The van der Waals surface area contributed by atoms with Crippen LogP contribution in [0.3, 0.4) is 0 Å². The second-order valence-corrected chi connectivity index (χ2v) is 32.4. The van der Waals surface area contributed by atoms with Crippen molar-refractivity contribution in [2.75, 3.05) is 39.6 Å². The largest absolute Gasteiger partial charge is 0.472 e. The molecule has 17 nitrogen and oxygen atoms in total. The van der Waals surface area contributed by atoms with Gasteiger partial charge in [-0.2, -0.15) is 0 Å². The highest BCUT2D eigenvalue weighted by Crippen LogP contribution is 2.45. The molecule has 102 heavy (non-hydrogen) atoms. The molecule has 0 spiro atoms. The van der Waals surface area contributed by atoms with Gasteiger partial charge in [0, 0.05) is 25.7 Å². The number of allylic oxidation sites excluding steroid dienone is 2. The number of carbonyl (C=O) groups excluding carboxylic acids is 4. The fourth-order valence-corrected chi connectivity index (χ4v) is 14.3. The predicted molar refractivity (Wildman–Crippen MR) is 418 cm³/mol. The summed E-state index contributed by atoms with van der Waals surface area (Å²) < 4.78 is 68.8. The number of ether oxygens (including phenoxy) is 4. The molecule has 3 N–H and O–H groups in total. The summed E-state index contributed by atoms with van der Waals surface area (Å²) in [4.78, 5) is 73.2. The third-order valence-electron chi connectivity index (χ3n) is 19.3. The standard InChI is InChI=1S/C83H160O17P2/c1-5-9-13-17-21-25-29-33-37-38-42-44-48-52-56-60-64-68-81(86)94-74-79(100-83(88)70-66-62-58-54-50-46-41-36-32-28-24-20-16-12-8-4)76-98-102(91,92)96-72-77(84)71-95-101(89,90)97-75-78(99-82(87)69-65-61-57-53-49-45-40-35-31-27-23-19-15-11-7-3)73-93-80(85)67-63-59-55-51-47-43-39-34-30-26-22-18-14-10-6-2/h36,41,77-79,84H,5-35,37-40,42-76H2,1-4H3,(H,89,90)(H,91,92)/b41-36-/t77-,78-,79-/m1/s1. The van der Waals surface area contributed by atoms with Crippen LogP contribution in [0.15, 0.2) is 12.2 Å². The van der Waals surface area contributed by atoms with Gasteiger partial charge in [0.15, 0.2) is 12.2 Å². The van der Waals surface area contributed by atoms with Gasteiger partial charge in [0.05, 0.1) is 26.4 Å². The first-order chi connectivity index (χ1) is 49.7. The molecule has 0 aliphatic carbocycles. The van der Waals surface area contributed by atoms with E-state index >= 15 is 0 Å². The molecule has 0 aliphatic heterocycles. The summed E-state index contributed by atoms with van der Waals surface area (Å²) in [7, 11) is -9.93. The Labute approximate surface area is 625 Å². The first kappa shape index (κ1) is 99.8. The van der Waals surface area contributed by atoms with Gasteiger partial charge in [0.1, 0.15) is 19.3 Å². The van der Waals surface area contributed by atoms with Gasteiger partial charge in [-0.15, -0.1) is 0 Å². The van der Waals surface area contributed by atoms with Crippen LogP contribution in [0.1, 0.15) is 439 Å². The van der Waals surface area contributed by atoms with Crippen LogP contribution >= 0.6 is 15.6 Å². The molecule has 0 saturated heterocycles. The minimum absolute atomic E-state index is 0.0955. The number of aliphatic hydroxyl groups excluding tert-OH is 1. The SMILES string of the molecule is CCCCCCCC/C=C\CCCCCCCC(=O)O[C@H](COC(=O)CCCCCCCCCCCCCCCCCCC)COP(=O)(O)OC[C@H](O)COP(=O)(O)OC[C@@H](COC(=O)CCCCCCCCCCCCCCCCC)OC(=O)CCCCCCCCCCCCCCCCC. The summed E-state index contributed by atoms with van der Waals surface area (Å²) in [6.45, 7) is 5.02. The van der Waals surface area contributed by atoms with Crippen LogP contribution in [-0.4, -0.2) is 96.7 Å². The third kappa shape index (κ3) is 76.0. The molecule has 0 aromatic heterocycles. The van der Waals surface area contributed by atoms with Crippen LogP contribution in [0, 0.1) is 0 Å². The molecule has 0 radical (unpaired) electrons. The Kier molecular flexibility index (Phi) is 75.3.